The highest BCUT2D eigenvalue weighted by Crippen LogP contribution is 2.30. The Bertz CT molecular complexity index is 1190. The van der Waals surface area contributed by atoms with Gasteiger partial charge in [-0.3, -0.25) is 0 Å². The van der Waals surface area contributed by atoms with E-state index in [9.17, 15) is 9.90 Å². The molecule has 0 amide bonds. The van der Waals surface area contributed by atoms with E-state index in [4.69, 9.17) is 4.74 Å². The van der Waals surface area contributed by atoms with Crippen molar-refractivity contribution in [3.63, 3.8) is 0 Å². The number of rotatable bonds is 7. The summed E-state index contributed by atoms with van der Waals surface area (Å²) in [5, 5.41) is 15.1. The Hall–Kier alpha value is -3.79. The van der Waals surface area contributed by atoms with Gasteiger partial charge >= 0.3 is 5.97 Å². The quantitative estimate of drug-likeness (QED) is 0.399. The van der Waals surface area contributed by atoms with Gasteiger partial charge in [-0.05, 0) is 47.0 Å². The van der Waals surface area contributed by atoms with Crippen LogP contribution in [-0.4, -0.2) is 11.1 Å². The largest absolute Gasteiger partial charge is 0.489 e. The molecule has 0 atom stereocenters. The average molecular weight is 397 g/mol. The zero-order valence-electron chi connectivity index (χ0n) is 16.8. The summed E-state index contributed by atoms with van der Waals surface area (Å²) in [4.78, 5) is 11.4. The Labute approximate surface area is 175 Å². The van der Waals surface area contributed by atoms with Crippen molar-refractivity contribution in [2.75, 3.05) is 5.32 Å². The lowest BCUT2D eigenvalue weighted by molar-refractivity contribution is 0.0696. The highest BCUT2D eigenvalue weighted by atomic mass is 16.5. The van der Waals surface area contributed by atoms with Crippen molar-refractivity contribution in [3.05, 3.63) is 107 Å². The number of anilines is 1. The van der Waals surface area contributed by atoms with Crippen molar-refractivity contribution in [1.29, 1.82) is 0 Å². The van der Waals surface area contributed by atoms with Crippen LogP contribution in [0.25, 0.3) is 10.8 Å². The number of hydrogen-bond donors (Lipinski definition) is 2. The van der Waals surface area contributed by atoms with Crippen LogP contribution in [0.15, 0.2) is 84.9 Å². The average Bonchev–Trinajstić information content (AvgIpc) is 2.77. The van der Waals surface area contributed by atoms with Gasteiger partial charge in [-0.15, -0.1) is 0 Å². The summed E-state index contributed by atoms with van der Waals surface area (Å²) in [6, 6.07) is 27.6. The van der Waals surface area contributed by atoms with Gasteiger partial charge in [0.1, 0.15) is 12.4 Å². The molecule has 0 spiro atoms. The molecule has 0 bridgehead atoms. The molecule has 0 heterocycles. The van der Waals surface area contributed by atoms with E-state index < -0.39 is 5.97 Å². The number of nitrogens with one attached hydrogen (secondary N) is 1. The van der Waals surface area contributed by atoms with E-state index in [-0.39, 0.29) is 0 Å². The number of carbonyl (C=O) groups is 1. The topological polar surface area (TPSA) is 58.6 Å². The van der Waals surface area contributed by atoms with E-state index in [2.05, 4.69) is 23.5 Å². The van der Waals surface area contributed by atoms with E-state index in [1.54, 1.807) is 12.1 Å². The van der Waals surface area contributed by atoms with E-state index in [0.29, 0.717) is 18.7 Å². The molecule has 0 radical (unpaired) electrons. The fourth-order valence-electron chi connectivity index (χ4n) is 3.61. The van der Waals surface area contributed by atoms with Gasteiger partial charge in [-0.2, -0.15) is 0 Å². The number of aromatic carboxylic acids is 1. The molecule has 4 aromatic carbocycles. The smallest absolute Gasteiger partial charge is 0.336 e. The zero-order valence-corrected chi connectivity index (χ0v) is 16.8. The molecule has 0 aliphatic carbocycles. The van der Waals surface area contributed by atoms with Gasteiger partial charge in [0, 0.05) is 17.8 Å². The van der Waals surface area contributed by atoms with Gasteiger partial charge in [0.05, 0.1) is 5.56 Å². The molecular formula is C26H23NO3. The minimum Gasteiger partial charge on any atom is -0.489 e. The standard InChI is InChI=1S/C26H23NO3/c1-18-21(26(28)29)12-7-13-24(18)27-16-23-22-11-6-5-10-20(22)14-15-25(23)30-17-19-8-3-2-4-9-19/h2-15,27H,16-17H2,1H3,(H,28,29). The number of ether oxygens (including phenoxy) is 1. The number of carboxylic acid groups (broad SMARTS) is 1. The van der Waals surface area contributed by atoms with Crippen LogP contribution >= 0.6 is 0 Å². The Morgan fingerprint density at radius 2 is 1.67 bits per heavy atom. The predicted molar refractivity (Wildman–Crippen MR) is 120 cm³/mol. The van der Waals surface area contributed by atoms with Crippen LogP contribution in [-0.2, 0) is 13.2 Å². The Morgan fingerprint density at radius 3 is 2.47 bits per heavy atom. The molecule has 0 fully saturated rings. The first-order valence-corrected chi connectivity index (χ1v) is 9.87. The summed E-state index contributed by atoms with van der Waals surface area (Å²) in [5.41, 5.74) is 3.98. The van der Waals surface area contributed by atoms with Gasteiger partial charge in [0.15, 0.2) is 0 Å². The lowest BCUT2D eigenvalue weighted by atomic mass is 10.0. The van der Waals surface area contributed by atoms with Crippen LogP contribution in [0.4, 0.5) is 5.69 Å². The fraction of sp³-hybridized carbons (Fsp3) is 0.115. The van der Waals surface area contributed by atoms with Crippen LogP contribution in [0.3, 0.4) is 0 Å². The third kappa shape index (κ3) is 4.13. The fourth-order valence-corrected chi connectivity index (χ4v) is 3.61. The molecule has 4 heteroatoms. The molecule has 4 rings (SSSR count). The van der Waals surface area contributed by atoms with Gasteiger partial charge in [-0.1, -0.05) is 66.7 Å². The molecule has 0 aliphatic rings. The highest BCUT2D eigenvalue weighted by molar-refractivity contribution is 5.91. The second-order valence-corrected chi connectivity index (χ2v) is 7.17. The van der Waals surface area contributed by atoms with Crippen molar-refractivity contribution in [2.45, 2.75) is 20.1 Å². The molecule has 4 aromatic rings. The lowest BCUT2D eigenvalue weighted by Gasteiger charge is -2.17. The first-order valence-electron chi connectivity index (χ1n) is 9.87. The second kappa shape index (κ2) is 8.70. The third-order valence-electron chi connectivity index (χ3n) is 5.25. The first kappa shape index (κ1) is 19.5. The van der Waals surface area contributed by atoms with Crippen molar-refractivity contribution >= 4 is 22.4 Å². The van der Waals surface area contributed by atoms with Crippen LogP contribution in [0.2, 0.25) is 0 Å². The van der Waals surface area contributed by atoms with E-state index >= 15 is 0 Å². The van der Waals surface area contributed by atoms with Crippen LogP contribution in [0, 0.1) is 6.92 Å². The molecule has 0 saturated carbocycles. The van der Waals surface area contributed by atoms with Crippen LogP contribution < -0.4 is 10.1 Å². The van der Waals surface area contributed by atoms with Gasteiger partial charge < -0.3 is 15.2 Å². The molecule has 0 aliphatic heterocycles. The van der Waals surface area contributed by atoms with E-state index in [1.807, 2.05) is 61.5 Å². The number of carboxylic acids is 1. The molecule has 4 nitrogen and oxygen atoms in total. The summed E-state index contributed by atoms with van der Waals surface area (Å²) in [6.45, 7) is 2.83. The minimum absolute atomic E-state index is 0.304. The van der Waals surface area contributed by atoms with Crippen molar-refractivity contribution in [3.8, 4) is 5.75 Å². The number of hydrogen-bond acceptors (Lipinski definition) is 3. The summed E-state index contributed by atoms with van der Waals surface area (Å²) in [6.07, 6.45) is 0. The molecule has 2 N–H and O–H groups in total. The lowest BCUT2D eigenvalue weighted by Crippen LogP contribution is -2.07. The van der Waals surface area contributed by atoms with Crippen LogP contribution in [0.5, 0.6) is 5.75 Å². The molecule has 0 unspecified atom stereocenters. The number of benzene rings is 4. The SMILES string of the molecule is Cc1c(NCc2c(OCc3ccccc3)ccc3ccccc23)cccc1C(=O)O. The highest BCUT2D eigenvalue weighted by Gasteiger charge is 2.13. The monoisotopic (exact) mass is 397 g/mol. The van der Waals surface area contributed by atoms with Gasteiger partial charge in [-0.25, -0.2) is 4.79 Å². The predicted octanol–water partition coefficient (Wildman–Crippen LogP) is 6.04. The summed E-state index contributed by atoms with van der Waals surface area (Å²) in [7, 11) is 0. The summed E-state index contributed by atoms with van der Waals surface area (Å²) >= 11 is 0. The molecule has 150 valence electrons. The molecular weight excluding hydrogens is 374 g/mol. The number of fused-ring (bicyclic) bond motifs is 1. The second-order valence-electron chi connectivity index (χ2n) is 7.17. The van der Waals surface area contributed by atoms with Crippen molar-refractivity contribution in [1.82, 2.24) is 0 Å². The maximum absolute atomic E-state index is 11.4. The molecule has 0 aromatic heterocycles. The van der Waals surface area contributed by atoms with E-state index in [0.717, 1.165) is 38.9 Å². The maximum atomic E-state index is 11.4. The zero-order chi connectivity index (χ0) is 20.9. The Morgan fingerprint density at radius 1 is 0.900 bits per heavy atom. The minimum atomic E-state index is -0.923. The normalized spacial score (nSPS) is 10.7. The van der Waals surface area contributed by atoms with Gasteiger partial charge in [0.25, 0.3) is 0 Å². The van der Waals surface area contributed by atoms with E-state index in [1.165, 1.54) is 0 Å². The molecule has 30 heavy (non-hydrogen) atoms. The third-order valence-corrected chi connectivity index (χ3v) is 5.25. The van der Waals surface area contributed by atoms with Crippen molar-refractivity contribution < 1.29 is 14.6 Å². The Kier molecular flexibility index (Phi) is 5.66. The molecule has 0 saturated heterocycles. The maximum Gasteiger partial charge on any atom is 0.336 e. The summed E-state index contributed by atoms with van der Waals surface area (Å²) < 4.78 is 6.18. The first-order chi connectivity index (χ1) is 14.6. The van der Waals surface area contributed by atoms with Crippen molar-refractivity contribution in [2.24, 2.45) is 0 Å². The van der Waals surface area contributed by atoms with Gasteiger partial charge in [0.2, 0.25) is 0 Å². The Balaban J connectivity index is 1.65. The van der Waals surface area contributed by atoms with Crippen LogP contribution in [0.1, 0.15) is 27.0 Å². The summed E-state index contributed by atoms with van der Waals surface area (Å²) in [5.74, 6) is -0.106.